The van der Waals surface area contributed by atoms with Gasteiger partial charge in [-0.3, -0.25) is 19.2 Å². The molecule has 0 aliphatic carbocycles. The molecule has 0 radical (unpaired) electrons. The molecule has 12 heteroatoms. The maximum absolute atomic E-state index is 12.0. The third kappa shape index (κ3) is 7.78. The summed E-state index contributed by atoms with van der Waals surface area (Å²) in [4.78, 5) is 56.8. The molecule has 0 fully saturated rings. The van der Waals surface area contributed by atoms with Gasteiger partial charge in [0.05, 0.1) is 13.0 Å². The van der Waals surface area contributed by atoms with Gasteiger partial charge in [-0.05, 0) is 6.92 Å². The van der Waals surface area contributed by atoms with Crippen LogP contribution in [0.15, 0.2) is 0 Å². The maximum atomic E-state index is 12.0. The molecule has 0 saturated heterocycles. The molecule has 3 atom stereocenters. The van der Waals surface area contributed by atoms with Crippen molar-refractivity contribution in [3.8, 4) is 0 Å². The van der Waals surface area contributed by atoms with Crippen molar-refractivity contribution in [2.75, 3.05) is 12.3 Å². The van der Waals surface area contributed by atoms with Crippen LogP contribution in [0.5, 0.6) is 0 Å². The largest absolute Gasteiger partial charge is 0.480 e. The van der Waals surface area contributed by atoms with Crippen LogP contribution >= 0.6 is 12.6 Å². The fourth-order valence-corrected chi connectivity index (χ4v) is 1.79. The molecule has 11 nitrogen and oxygen atoms in total. The summed E-state index contributed by atoms with van der Waals surface area (Å²) in [5.41, 5.74) is 10.0. The maximum Gasteiger partial charge on any atom is 0.326 e. The number of hydrogen-bond donors (Lipinski definition) is 7. The molecular weight excluding hydrogens is 342 g/mol. The van der Waals surface area contributed by atoms with Gasteiger partial charge in [0, 0.05) is 5.75 Å². The van der Waals surface area contributed by atoms with Crippen LogP contribution in [-0.4, -0.2) is 65.1 Å². The fourth-order valence-electron chi connectivity index (χ4n) is 1.53. The number of carboxylic acids is 1. The summed E-state index contributed by atoms with van der Waals surface area (Å²) < 4.78 is 0. The average molecular weight is 363 g/mol. The van der Waals surface area contributed by atoms with Gasteiger partial charge >= 0.3 is 5.97 Å². The van der Waals surface area contributed by atoms with Gasteiger partial charge in [-0.2, -0.15) is 12.6 Å². The summed E-state index contributed by atoms with van der Waals surface area (Å²) >= 11 is 3.91. The Morgan fingerprint density at radius 2 is 1.58 bits per heavy atom. The number of rotatable bonds is 10. The molecule has 0 aliphatic rings. The van der Waals surface area contributed by atoms with Gasteiger partial charge < -0.3 is 32.5 Å². The molecule has 8 N–H and O–H groups in total. The summed E-state index contributed by atoms with van der Waals surface area (Å²) in [6, 6.07) is -3.66. The Balaban J connectivity index is 4.79. The Morgan fingerprint density at radius 3 is 2.00 bits per heavy atom. The molecule has 0 aromatic carbocycles. The van der Waals surface area contributed by atoms with Crippen LogP contribution in [0, 0.1) is 0 Å². The van der Waals surface area contributed by atoms with E-state index < -0.39 is 54.1 Å². The second kappa shape index (κ2) is 10.4. The van der Waals surface area contributed by atoms with Crippen LogP contribution in [0.4, 0.5) is 0 Å². The predicted octanol–water partition coefficient (Wildman–Crippen LogP) is -3.69. The highest BCUT2D eigenvalue weighted by Gasteiger charge is 2.28. The number of nitrogens with two attached hydrogens (primary N) is 2. The van der Waals surface area contributed by atoms with E-state index in [1.807, 2.05) is 0 Å². The molecule has 0 aromatic rings. The zero-order chi connectivity index (χ0) is 18.9. The number of hydrogen-bond acceptors (Lipinski definition) is 7. The van der Waals surface area contributed by atoms with E-state index in [0.717, 1.165) is 0 Å². The molecule has 3 unspecified atom stereocenters. The first-order valence-corrected chi connectivity index (χ1v) is 7.47. The lowest BCUT2D eigenvalue weighted by Gasteiger charge is -2.21. The van der Waals surface area contributed by atoms with E-state index in [1.54, 1.807) is 0 Å². The second-order valence-electron chi connectivity index (χ2n) is 4.81. The van der Waals surface area contributed by atoms with Crippen LogP contribution in [0.3, 0.4) is 0 Å². The summed E-state index contributed by atoms with van der Waals surface area (Å²) in [6.45, 7) is 1.07. The lowest BCUT2D eigenvalue weighted by atomic mass is 10.1. The van der Waals surface area contributed by atoms with E-state index in [9.17, 15) is 24.0 Å². The Labute approximate surface area is 143 Å². The molecule has 136 valence electrons. The Hall–Kier alpha value is -2.34. The van der Waals surface area contributed by atoms with Crippen molar-refractivity contribution in [2.24, 2.45) is 11.5 Å². The Morgan fingerprint density at radius 1 is 1.04 bits per heavy atom. The van der Waals surface area contributed by atoms with Gasteiger partial charge in [-0.15, -0.1) is 0 Å². The molecule has 0 aliphatic heterocycles. The summed E-state index contributed by atoms with van der Waals surface area (Å²) in [6.07, 6.45) is -0.600. The number of amides is 4. The van der Waals surface area contributed by atoms with Gasteiger partial charge in [0.25, 0.3) is 0 Å². The molecule has 0 aromatic heterocycles. The van der Waals surface area contributed by atoms with Crippen molar-refractivity contribution in [1.82, 2.24) is 16.0 Å². The van der Waals surface area contributed by atoms with E-state index in [2.05, 4.69) is 28.6 Å². The van der Waals surface area contributed by atoms with Crippen molar-refractivity contribution in [3.05, 3.63) is 0 Å². The highest BCUT2D eigenvalue weighted by Crippen LogP contribution is 1.97. The SMILES string of the molecule is CC(NC(=O)CN)C(=O)NC(CS)C(=O)NC(CC(N)=O)C(=O)O. The molecule has 0 heterocycles. The second-order valence-corrected chi connectivity index (χ2v) is 5.17. The third-order valence-electron chi connectivity index (χ3n) is 2.79. The number of carbonyl (C=O) groups excluding carboxylic acids is 4. The Kier molecular flexibility index (Phi) is 9.42. The van der Waals surface area contributed by atoms with Crippen LogP contribution < -0.4 is 27.4 Å². The lowest BCUT2D eigenvalue weighted by Crippen LogP contribution is -2.56. The number of thiol groups is 1. The van der Waals surface area contributed by atoms with Crippen LogP contribution in [0.1, 0.15) is 13.3 Å². The molecule has 0 rings (SSSR count). The van der Waals surface area contributed by atoms with E-state index in [0.29, 0.717) is 0 Å². The smallest absolute Gasteiger partial charge is 0.326 e. The number of carbonyl (C=O) groups is 5. The normalized spacial score (nSPS) is 14.0. The van der Waals surface area contributed by atoms with Gasteiger partial charge in [0.1, 0.15) is 18.1 Å². The minimum Gasteiger partial charge on any atom is -0.480 e. The average Bonchev–Trinajstić information content (AvgIpc) is 2.50. The molecular formula is C12H21N5O6S. The third-order valence-corrected chi connectivity index (χ3v) is 3.16. The predicted molar refractivity (Wildman–Crippen MR) is 85.8 cm³/mol. The highest BCUT2D eigenvalue weighted by molar-refractivity contribution is 7.80. The van der Waals surface area contributed by atoms with Gasteiger partial charge in [-0.1, -0.05) is 0 Å². The lowest BCUT2D eigenvalue weighted by molar-refractivity contribution is -0.143. The zero-order valence-electron chi connectivity index (χ0n) is 12.9. The van der Waals surface area contributed by atoms with E-state index >= 15 is 0 Å². The highest BCUT2D eigenvalue weighted by atomic mass is 32.1. The topological polar surface area (TPSA) is 194 Å². The van der Waals surface area contributed by atoms with Gasteiger partial charge in [0.15, 0.2) is 0 Å². The van der Waals surface area contributed by atoms with Crippen LogP contribution in [-0.2, 0) is 24.0 Å². The molecule has 24 heavy (non-hydrogen) atoms. The van der Waals surface area contributed by atoms with Crippen molar-refractivity contribution in [3.63, 3.8) is 0 Å². The zero-order valence-corrected chi connectivity index (χ0v) is 13.8. The molecule has 0 spiro atoms. The first-order valence-electron chi connectivity index (χ1n) is 6.84. The minimum absolute atomic E-state index is 0.141. The standard InChI is InChI=1S/C12H21N5O6S/c1-5(15-9(19)3-13)10(20)17-7(4-24)11(21)16-6(12(22)23)2-8(14)18/h5-7,24H,2-4,13H2,1H3,(H2,14,18)(H,15,19)(H,16,21)(H,17,20)(H,22,23). The van der Waals surface area contributed by atoms with Crippen molar-refractivity contribution < 1.29 is 29.1 Å². The molecule has 4 amide bonds. The van der Waals surface area contributed by atoms with Crippen molar-refractivity contribution in [2.45, 2.75) is 31.5 Å². The Bertz CT molecular complexity index is 514. The van der Waals surface area contributed by atoms with E-state index in [1.165, 1.54) is 6.92 Å². The molecule has 0 saturated carbocycles. The van der Waals surface area contributed by atoms with Crippen LogP contribution in [0.25, 0.3) is 0 Å². The van der Waals surface area contributed by atoms with Gasteiger partial charge in [-0.25, -0.2) is 4.79 Å². The number of primary amides is 1. The first-order chi connectivity index (χ1) is 11.1. The van der Waals surface area contributed by atoms with Crippen LogP contribution in [0.2, 0.25) is 0 Å². The number of aliphatic carboxylic acids is 1. The van der Waals surface area contributed by atoms with Crippen molar-refractivity contribution >= 4 is 42.2 Å². The summed E-state index contributed by atoms with van der Waals surface area (Å²) in [5, 5.41) is 15.6. The fraction of sp³-hybridized carbons (Fsp3) is 0.583. The first kappa shape index (κ1) is 21.7. The summed E-state index contributed by atoms with van der Waals surface area (Å²) in [5.74, 6) is -4.60. The quantitative estimate of drug-likeness (QED) is 0.194. The van der Waals surface area contributed by atoms with Gasteiger partial charge in [0.2, 0.25) is 23.6 Å². The molecule has 0 bridgehead atoms. The number of carboxylic acid groups (broad SMARTS) is 1. The monoisotopic (exact) mass is 363 g/mol. The summed E-state index contributed by atoms with van der Waals surface area (Å²) in [7, 11) is 0. The van der Waals surface area contributed by atoms with E-state index in [4.69, 9.17) is 16.6 Å². The van der Waals surface area contributed by atoms with E-state index in [-0.39, 0.29) is 12.3 Å². The minimum atomic E-state index is -1.52. The van der Waals surface area contributed by atoms with Crippen molar-refractivity contribution in [1.29, 1.82) is 0 Å². The number of nitrogens with one attached hydrogen (secondary N) is 3.